The highest BCUT2D eigenvalue weighted by Crippen LogP contribution is 1.97. The summed E-state index contributed by atoms with van der Waals surface area (Å²) in [5, 5.41) is 10.9. The molecule has 5 heteroatoms. The number of aliphatic carboxylic acids is 1. The van der Waals surface area contributed by atoms with Crippen molar-refractivity contribution in [1.29, 1.82) is 0 Å². The van der Waals surface area contributed by atoms with Crippen molar-refractivity contribution in [3.05, 3.63) is 12.2 Å². The Kier molecular flexibility index (Phi) is 5.55. The molecule has 0 aliphatic carbocycles. The summed E-state index contributed by atoms with van der Waals surface area (Å²) in [6, 6.07) is -0.267. The van der Waals surface area contributed by atoms with Gasteiger partial charge in [0.2, 0.25) is 5.91 Å². The smallest absolute Gasteiger partial charge is 0.303 e. The summed E-state index contributed by atoms with van der Waals surface area (Å²) in [7, 11) is 0. The molecule has 14 heavy (non-hydrogen) atoms. The van der Waals surface area contributed by atoms with Crippen LogP contribution in [0.1, 0.15) is 19.8 Å². The van der Waals surface area contributed by atoms with E-state index in [0.29, 0.717) is 0 Å². The van der Waals surface area contributed by atoms with Gasteiger partial charge in [0, 0.05) is 13.0 Å². The third-order valence-corrected chi connectivity index (χ3v) is 1.73. The fourth-order valence-electron chi connectivity index (χ4n) is 0.870. The predicted molar refractivity (Wildman–Crippen MR) is 52.7 cm³/mol. The maximum Gasteiger partial charge on any atom is 0.303 e. The number of hydrogen-bond donors (Lipinski definition) is 3. The molecule has 80 valence electrons. The molecular formula is C9H16N2O3. The van der Waals surface area contributed by atoms with Gasteiger partial charge in [-0.25, -0.2) is 0 Å². The maximum absolute atomic E-state index is 11.2. The van der Waals surface area contributed by atoms with Crippen molar-refractivity contribution in [2.24, 2.45) is 5.73 Å². The number of hydrogen-bond acceptors (Lipinski definition) is 3. The molecule has 0 spiro atoms. The molecule has 0 rings (SSSR count). The van der Waals surface area contributed by atoms with Crippen LogP contribution in [-0.4, -0.2) is 29.6 Å². The lowest BCUT2D eigenvalue weighted by Crippen LogP contribution is -2.40. The Balaban J connectivity index is 3.91. The van der Waals surface area contributed by atoms with Crippen molar-refractivity contribution >= 4 is 11.9 Å². The van der Waals surface area contributed by atoms with Crippen molar-refractivity contribution in [2.45, 2.75) is 25.8 Å². The molecular weight excluding hydrogens is 184 g/mol. The van der Waals surface area contributed by atoms with Crippen LogP contribution in [0.2, 0.25) is 0 Å². The molecule has 0 aromatic carbocycles. The van der Waals surface area contributed by atoms with Crippen LogP contribution in [0.25, 0.3) is 0 Å². The Morgan fingerprint density at radius 3 is 2.43 bits per heavy atom. The lowest BCUT2D eigenvalue weighted by atomic mass is 10.1. The van der Waals surface area contributed by atoms with Crippen molar-refractivity contribution < 1.29 is 14.7 Å². The first-order valence-corrected chi connectivity index (χ1v) is 4.34. The zero-order valence-electron chi connectivity index (χ0n) is 8.25. The highest BCUT2D eigenvalue weighted by atomic mass is 16.4. The minimum absolute atomic E-state index is 0.0287. The first-order valence-electron chi connectivity index (χ1n) is 4.34. The van der Waals surface area contributed by atoms with Crippen LogP contribution in [-0.2, 0) is 9.59 Å². The first-order chi connectivity index (χ1) is 6.47. The molecule has 0 bridgehead atoms. The van der Waals surface area contributed by atoms with E-state index in [1.165, 1.54) is 0 Å². The van der Waals surface area contributed by atoms with E-state index in [2.05, 4.69) is 11.9 Å². The Bertz CT molecular complexity index is 238. The number of carboxylic acids is 1. The zero-order valence-corrected chi connectivity index (χ0v) is 8.25. The molecule has 0 aromatic rings. The van der Waals surface area contributed by atoms with E-state index in [1.807, 2.05) is 0 Å². The van der Waals surface area contributed by atoms with E-state index in [-0.39, 0.29) is 31.3 Å². The molecule has 0 saturated carbocycles. The largest absolute Gasteiger partial charge is 0.481 e. The number of carbonyl (C=O) groups excluding carboxylic acids is 1. The van der Waals surface area contributed by atoms with Gasteiger partial charge in [0.05, 0.1) is 12.5 Å². The molecule has 0 aliphatic rings. The molecule has 0 heterocycles. The molecule has 0 aliphatic heterocycles. The maximum atomic E-state index is 11.2. The average Bonchev–Trinajstić information content (AvgIpc) is 2.10. The van der Waals surface area contributed by atoms with E-state index < -0.39 is 5.97 Å². The first kappa shape index (κ1) is 12.6. The number of nitrogens with one attached hydrogen (secondary N) is 1. The van der Waals surface area contributed by atoms with Crippen molar-refractivity contribution in [1.82, 2.24) is 5.32 Å². The minimum Gasteiger partial charge on any atom is -0.481 e. The van der Waals surface area contributed by atoms with Crippen LogP contribution in [0.15, 0.2) is 12.2 Å². The van der Waals surface area contributed by atoms with Gasteiger partial charge in [0.1, 0.15) is 0 Å². The second-order valence-electron chi connectivity index (χ2n) is 3.10. The van der Waals surface area contributed by atoms with Gasteiger partial charge in [-0.15, -0.1) is 0 Å². The van der Waals surface area contributed by atoms with Gasteiger partial charge in [-0.05, 0) is 6.92 Å². The number of nitrogens with two attached hydrogens (primary N) is 1. The lowest BCUT2D eigenvalue weighted by molar-refractivity contribution is -0.138. The highest BCUT2D eigenvalue weighted by molar-refractivity contribution is 5.81. The van der Waals surface area contributed by atoms with Gasteiger partial charge in [-0.2, -0.15) is 0 Å². The molecule has 1 amide bonds. The molecule has 5 nitrogen and oxygen atoms in total. The molecule has 0 radical (unpaired) electrons. The SMILES string of the molecule is C=C(C)C(CN)NC(=O)CCC(=O)O. The quantitative estimate of drug-likeness (QED) is 0.521. The van der Waals surface area contributed by atoms with Crippen LogP contribution >= 0.6 is 0 Å². The summed E-state index contributed by atoms with van der Waals surface area (Å²) < 4.78 is 0. The zero-order chi connectivity index (χ0) is 11.1. The number of carboxylic acid groups (broad SMARTS) is 1. The second-order valence-corrected chi connectivity index (χ2v) is 3.10. The minimum atomic E-state index is -0.986. The molecule has 1 atom stereocenters. The normalized spacial score (nSPS) is 11.9. The van der Waals surface area contributed by atoms with Crippen LogP contribution in [0, 0.1) is 0 Å². The van der Waals surface area contributed by atoms with E-state index in [9.17, 15) is 9.59 Å². The Morgan fingerprint density at radius 2 is 2.07 bits per heavy atom. The van der Waals surface area contributed by atoms with Crippen LogP contribution < -0.4 is 11.1 Å². The number of rotatable bonds is 6. The van der Waals surface area contributed by atoms with Crippen molar-refractivity contribution in [3.8, 4) is 0 Å². The molecule has 0 aromatic heterocycles. The standard InChI is InChI=1S/C9H16N2O3/c1-6(2)7(5-10)11-8(12)3-4-9(13)14/h7H,1,3-5,10H2,2H3,(H,11,12)(H,13,14). The molecule has 1 unspecified atom stereocenters. The Morgan fingerprint density at radius 1 is 1.50 bits per heavy atom. The fourth-order valence-corrected chi connectivity index (χ4v) is 0.870. The molecule has 4 N–H and O–H groups in total. The number of amides is 1. The van der Waals surface area contributed by atoms with Crippen LogP contribution in [0.4, 0.5) is 0 Å². The third-order valence-electron chi connectivity index (χ3n) is 1.73. The van der Waals surface area contributed by atoms with Gasteiger partial charge < -0.3 is 16.2 Å². The van der Waals surface area contributed by atoms with Gasteiger partial charge >= 0.3 is 5.97 Å². The van der Waals surface area contributed by atoms with E-state index in [4.69, 9.17) is 10.8 Å². The average molecular weight is 200 g/mol. The Hall–Kier alpha value is -1.36. The summed E-state index contributed by atoms with van der Waals surface area (Å²) in [5.41, 5.74) is 6.15. The monoisotopic (exact) mass is 200 g/mol. The summed E-state index contributed by atoms with van der Waals surface area (Å²) in [6.07, 6.45) is -0.196. The predicted octanol–water partition coefficient (Wildman–Crippen LogP) is -0.129. The summed E-state index contributed by atoms with van der Waals surface area (Å²) in [5.74, 6) is -1.30. The van der Waals surface area contributed by atoms with E-state index in [1.54, 1.807) is 6.92 Å². The fraction of sp³-hybridized carbons (Fsp3) is 0.556. The van der Waals surface area contributed by atoms with Crippen LogP contribution in [0.3, 0.4) is 0 Å². The topological polar surface area (TPSA) is 92.4 Å². The summed E-state index contributed by atoms with van der Waals surface area (Å²) >= 11 is 0. The van der Waals surface area contributed by atoms with Gasteiger partial charge in [0.25, 0.3) is 0 Å². The van der Waals surface area contributed by atoms with E-state index in [0.717, 1.165) is 5.57 Å². The van der Waals surface area contributed by atoms with Gasteiger partial charge in [-0.1, -0.05) is 12.2 Å². The number of carbonyl (C=O) groups is 2. The molecule has 0 saturated heterocycles. The van der Waals surface area contributed by atoms with E-state index >= 15 is 0 Å². The van der Waals surface area contributed by atoms with Crippen molar-refractivity contribution in [3.63, 3.8) is 0 Å². The van der Waals surface area contributed by atoms with Crippen molar-refractivity contribution in [2.75, 3.05) is 6.54 Å². The second kappa shape index (κ2) is 6.15. The third kappa shape index (κ3) is 5.31. The molecule has 0 fully saturated rings. The van der Waals surface area contributed by atoms with Crippen LogP contribution in [0.5, 0.6) is 0 Å². The highest BCUT2D eigenvalue weighted by Gasteiger charge is 2.11. The summed E-state index contributed by atoms with van der Waals surface area (Å²) in [6.45, 7) is 5.69. The Labute approximate surface area is 83.0 Å². The summed E-state index contributed by atoms with van der Waals surface area (Å²) in [4.78, 5) is 21.3. The van der Waals surface area contributed by atoms with Gasteiger partial charge in [-0.3, -0.25) is 9.59 Å². The van der Waals surface area contributed by atoms with Gasteiger partial charge in [0.15, 0.2) is 0 Å². The lowest BCUT2D eigenvalue weighted by Gasteiger charge is -2.16.